The van der Waals surface area contributed by atoms with Crippen LogP contribution in [0.3, 0.4) is 0 Å². The van der Waals surface area contributed by atoms with Gasteiger partial charge in [-0.3, -0.25) is 4.79 Å². The van der Waals surface area contributed by atoms with E-state index in [0.717, 1.165) is 67.0 Å². The van der Waals surface area contributed by atoms with Crippen molar-refractivity contribution in [2.75, 3.05) is 13.1 Å². The smallest absolute Gasteiger partial charge is 0.259 e. The van der Waals surface area contributed by atoms with Gasteiger partial charge in [0.2, 0.25) is 0 Å². The number of likely N-dealkylation sites (tertiary alicyclic amines) is 1. The Morgan fingerprint density at radius 1 is 1.28 bits per heavy atom. The summed E-state index contributed by atoms with van der Waals surface area (Å²) < 4.78 is 5.39. The zero-order valence-electron chi connectivity index (χ0n) is 15.3. The number of rotatable bonds is 4. The van der Waals surface area contributed by atoms with E-state index in [9.17, 15) is 4.79 Å². The van der Waals surface area contributed by atoms with Crippen LogP contribution in [0.5, 0.6) is 0 Å². The summed E-state index contributed by atoms with van der Waals surface area (Å²) in [6.07, 6.45) is 8.27. The lowest BCUT2D eigenvalue weighted by Crippen LogP contribution is -2.32. The number of carbonyl (C=O) groups is 1. The lowest BCUT2D eigenvalue weighted by molar-refractivity contribution is 0.0761. The molecule has 1 amide bonds. The van der Waals surface area contributed by atoms with Crippen LogP contribution in [0.4, 0.5) is 0 Å². The van der Waals surface area contributed by atoms with E-state index in [1.165, 1.54) is 19.3 Å². The Bertz CT molecular complexity index is 779. The van der Waals surface area contributed by atoms with Gasteiger partial charge in [0, 0.05) is 24.7 Å². The third-order valence-electron chi connectivity index (χ3n) is 5.69. The highest BCUT2D eigenvalue weighted by Gasteiger charge is 2.30. The lowest BCUT2D eigenvalue weighted by Gasteiger charge is -2.21. The highest BCUT2D eigenvalue weighted by molar-refractivity contribution is 6.06. The zero-order chi connectivity index (χ0) is 17.4. The van der Waals surface area contributed by atoms with Gasteiger partial charge in [-0.25, -0.2) is 4.98 Å². The number of hydrogen-bond donors (Lipinski definition) is 0. The number of aryl methyl sites for hydroxylation is 1. The Hall–Kier alpha value is -1.91. The summed E-state index contributed by atoms with van der Waals surface area (Å²) in [6.45, 7) is 5.85. The molecule has 5 nitrogen and oxygen atoms in total. The molecule has 2 aromatic rings. The normalized spacial score (nSPS) is 21.5. The molecular weight excluding hydrogens is 314 g/mol. The molecule has 1 saturated heterocycles. The van der Waals surface area contributed by atoms with Gasteiger partial charge in [-0.1, -0.05) is 24.9 Å². The van der Waals surface area contributed by atoms with Crippen molar-refractivity contribution in [3.05, 3.63) is 23.0 Å². The molecule has 2 fully saturated rings. The highest BCUT2D eigenvalue weighted by atomic mass is 16.5. The van der Waals surface area contributed by atoms with Gasteiger partial charge in [0.1, 0.15) is 0 Å². The van der Waals surface area contributed by atoms with Crippen molar-refractivity contribution in [2.24, 2.45) is 5.92 Å². The second-order valence-corrected chi connectivity index (χ2v) is 7.69. The number of nitrogens with zero attached hydrogens (tertiary/aromatic N) is 3. The lowest BCUT2D eigenvalue weighted by atomic mass is 9.96. The minimum absolute atomic E-state index is 0.123. The van der Waals surface area contributed by atoms with Gasteiger partial charge in [0.25, 0.3) is 11.6 Å². The van der Waals surface area contributed by atoms with E-state index in [-0.39, 0.29) is 5.91 Å². The standard InChI is InChI=1S/C20H27N3O2/c1-3-5-14-6-4-10-23(11-9-14)20(24)16-12-17(15-7-8-15)21-19-18(16)13(2)22-25-19/h12,14-15H,3-11H2,1-2H3/t14-/m1/s1. The minimum atomic E-state index is 0.123. The Kier molecular flexibility index (Phi) is 4.48. The summed E-state index contributed by atoms with van der Waals surface area (Å²) in [7, 11) is 0. The molecule has 5 heteroatoms. The van der Waals surface area contributed by atoms with Gasteiger partial charge >= 0.3 is 0 Å². The van der Waals surface area contributed by atoms with Crippen molar-refractivity contribution < 1.29 is 9.32 Å². The maximum Gasteiger partial charge on any atom is 0.259 e. The number of carbonyl (C=O) groups excluding carboxylic acids is 1. The SMILES string of the molecule is CCC[C@@H]1CCCN(C(=O)c2cc(C3CC3)nc3onc(C)c23)CC1. The van der Waals surface area contributed by atoms with Crippen LogP contribution in [0, 0.1) is 12.8 Å². The molecule has 0 aromatic carbocycles. The Morgan fingerprint density at radius 2 is 2.12 bits per heavy atom. The summed E-state index contributed by atoms with van der Waals surface area (Å²) in [5.74, 6) is 1.37. The average Bonchev–Trinajstić information content (AvgIpc) is 3.42. The number of pyridine rings is 1. The minimum Gasteiger partial charge on any atom is -0.339 e. The Morgan fingerprint density at radius 3 is 2.88 bits per heavy atom. The molecular formula is C20H27N3O2. The third-order valence-corrected chi connectivity index (χ3v) is 5.69. The van der Waals surface area contributed by atoms with Gasteiger partial charge in [0.05, 0.1) is 16.6 Å². The van der Waals surface area contributed by atoms with Crippen LogP contribution in [0.2, 0.25) is 0 Å². The van der Waals surface area contributed by atoms with E-state index in [1.807, 2.05) is 17.9 Å². The molecule has 0 bridgehead atoms. The van der Waals surface area contributed by atoms with E-state index in [2.05, 4.69) is 17.1 Å². The molecule has 1 aliphatic heterocycles. The maximum absolute atomic E-state index is 13.3. The van der Waals surface area contributed by atoms with Gasteiger partial charge in [0.15, 0.2) is 0 Å². The van der Waals surface area contributed by atoms with Crippen LogP contribution in [0.25, 0.3) is 11.1 Å². The second kappa shape index (κ2) is 6.77. The van der Waals surface area contributed by atoms with Crippen molar-refractivity contribution in [1.29, 1.82) is 0 Å². The molecule has 134 valence electrons. The largest absolute Gasteiger partial charge is 0.339 e. The molecule has 2 aliphatic rings. The van der Waals surface area contributed by atoms with Gasteiger partial charge in [-0.2, -0.15) is 0 Å². The third kappa shape index (κ3) is 3.29. The molecule has 0 radical (unpaired) electrons. The summed E-state index contributed by atoms with van der Waals surface area (Å²) in [6, 6.07) is 2.00. The van der Waals surface area contributed by atoms with E-state index in [4.69, 9.17) is 4.52 Å². The molecule has 4 rings (SSSR count). The van der Waals surface area contributed by atoms with Crippen molar-refractivity contribution >= 4 is 17.0 Å². The molecule has 3 heterocycles. The van der Waals surface area contributed by atoms with E-state index in [0.29, 0.717) is 11.6 Å². The van der Waals surface area contributed by atoms with E-state index < -0.39 is 0 Å². The van der Waals surface area contributed by atoms with Gasteiger partial charge in [-0.05, 0) is 51.0 Å². The maximum atomic E-state index is 13.3. The molecule has 0 N–H and O–H groups in total. The molecule has 0 unspecified atom stereocenters. The van der Waals surface area contributed by atoms with Crippen LogP contribution >= 0.6 is 0 Å². The molecule has 0 spiro atoms. The summed E-state index contributed by atoms with van der Waals surface area (Å²) in [5, 5.41) is 4.85. The fourth-order valence-corrected chi connectivity index (χ4v) is 4.11. The van der Waals surface area contributed by atoms with Crippen molar-refractivity contribution in [2.45, 2.75) is 64.7 Å². The fourth-order valence-electron chi connectivity index (χ4n) is 4.11. The first-order valence-electron chi connectivity index (χ1n) is 9.73. The monoisotopic (exact) mass is 341 g/mol. The summed E-state index contributed by atoms with van der Waals surface area (Å²) >= 11 is 0. The summed E-state index contributed by atoms with van der Waals surface area (Å²) in [5.41, 5.74) is 3.00. The predicted molar refractivity (Wildman–Crippen MR) is 96.7 cm³/mol. The number of amides is 1. The van der Waals surface area contributed by atoms with Crippen LogP contribution in [-0.4, -0.2) is 34.0 Å². The van der Waals surface area contributed by atoms with E-state index >= 15 is 0 Å². The van der Waals surface area contributed by atoms with Crippen molar-refractivity contribution in [3.8, 4) is 0 Å². The molecule has 1 atom stereocenters. The first kappa shape index (κ1) is 16.6. The molecule has 1 saturated carbocycles. The number of fused-ring (bicyclic) bond motifs is 1. The van der Waals surface area contributed by atoms with Crippen molar-refractivity contribution in [1.82, 2.24) is 15.0 Å². The number of hydrogen-bond acceptors (Lipinski definition) is 4. The molecule has 1 aliphatic carbocycles. The second-order valence-electron chi connectivity index (χ2n) is 7.69. The quantitative estimate of drug-likeness (QED) is 0.824. The fraction of sp³-hybridized carbons (Fsp3) is 0.650. The van der Waals surface area contributed by atoms with E-state index in [1.54, 1.807) is 0 Å². The Balaban J connectivity index is 1.64. The highest BCUT2D eigenvalue weighted by Crippen LogP contribution is 2.40. The van der Waals surface area contributed by atoms with Crippen molar-refractivity contribution in [3.63, 3.8) is 0 Å². The first-order valence-corrected chi connectivity index (χ1v) is 9.73. The Labute approximate surface area is 148 Å². The van der Waals surface area contributed by atoms with Crippen LogP contribution in [0.1, 0.15) is 79.5 Å². The topological polar surface area (TPSA) is 59.2 Å². The van der Waals surface area contributed by atoms with Gasteiger partial charge in [-0.15, -0.1) is 0 Å². The molecule has 2 aromatic heterocycles. The van der Waals surface area contributed by atoms with Crippen LogP contribution in [-0.2, 0) is 0 Å². The van der Waals surface area contributed by atoms with Crippen LogP contribution in [0.15, 0.2) is 10.6 Å². The first-order chi connectivity index (χ1) is 12.2. The predicted octanol–water partition coefficient (Wildman–Crippen LogP) is 4.45. The van der Waals surface area contributed by atoms with Gasteiger partial charge < -0.3 is 9.42 Å². The number of aromatic nitrogens is 2. The molecule has 25 heavy (non-hydrogen) atoms. The zero-order valence-corrected chi connectivity index (χ0v) is 15.3. The average molecular weight is 341 g/mol. The summed E-state index contributed by atoms with van der Waals surface area (Å²) in [4.78, 5) is 19.9. The van der Waals surface area contributed by atoms with Crippen LogP contribution < -0.4 is 0 Å².